The second-order valence-corrected chi connectivity index (χ2v) is 9.09. The first kappa shape index (κ1) is 22.2. The Labute approximate surface area is 203 Å². The molecular weight excluding hydrogens is 444 g/mol. The zero-order valence-corrected chi connectivity index (χ0v) is 20.1. The number of para-hydroxylation sites is 1. The van der Waals surface area contributed by atoms with Crippen LogP contribution in [0.4, 0.5) is 5.69 Å². The molecule has 0 bridgehead atoms. The molecule has 0 fully saturated rings. The van der Waals surface area contributed by atoms with E-state index in [1.807, 2.05) is 71.0 Å². The summed E-state index contributed by atoms with van der Waals surface area (Å²) in [6.45, 7) is 5.36. The Balaban J connectivity index is 1.44. The Morgan fingerprint density at radius 2 is 1.85 bits per heavy atom. The van der Waals surface area contributed by atoms with Crippen LogP contribution in [-0.2, 0) is 11.2 Å². The van der Waals surface area contributed by atoms with Crippen molar-refractivity contribution in [2.45, 2.75) is 25.4 Å². The topological polar surface area (TPSA) is 60.2 Å². The minimum absolute atomic E-state index is 0.0771. The van der Waals surface area contributed by atoms with Crippen molar-refractivity contribution >= 4 is 23.4 Å². The highest BCUT2D eigenvalue weighted by molar-refractivity contribution is 7.99. The summed E-state index contributed by atoms with van der Waals surface area (Å²) in [5.74, 6) is 1.92. The first-order valence-corrected chi connectivity index (χ1v) is 12.4. The number of rotatable bonds is 7. The lowest BCUT2D eigenvalue weighted by molar-refractivity contribution is -0.116. The van der Waals surface area contributed by atoms with Gasteiger partial charge in [-0.2, -0.15) is 0 Å². The molecule has 0 N–H and O–H groups in total. The lowest BCUT2D eigenvalue weighted by Crippen LogP contribution is -2.30. The molecule has 1 amide bonds. The second kappa shape index (κ2) is 9.73. The number of carbonyl (C=O) groups excluding carboxylic acids is 1. The summed E-state index contributed by atoms with van der Waals surface area (Å²) >= 11 is 1.41. The SMILES string of the molecule is CCOc1ccc(-n2c(SCC(=O)N3CCc4ccccc43)nnc2-c2cccc(C)c2)cc1. The third-order valence-corrected chi connectivity index (χ3v) is 6.74. The number of thioether (sulfide) groups is 1. The normalized spacial score (nSPS) is 12.6. The number of fused-ring (bicyclic) bond motifs is 1. The molecule has 4 aromatic rings. The molecule has 1 aromatic heterocycles. The van der Waals surface area contributed by atoms with Gasteiger partial charge in [0.1, 0.15) is 5.75 Å². The van der Waals surface area contributed by atoms with Crippen LogP contribution in [0.5, 0.6) is 5.75 Å². The molecule has 0 radical (unpaired) electrons. The van der Waals surface area contributed by atoms with Crippen molar-refractivity contribution in [2.24, 2.45) is 0 Å². The van der Waals surface area contributed by atoms with E-state index in [1.165, 1.54) is 17.3 Å². The van der Waals surface area contributed by atoms with Crippen molar-refractivity contribution in [2.75, 3.05) is 23.8 Å². The Bertz CT molecular complexity index is 1320. The summed E-state index contributed by atoms with van der Waals surface area (Å²) in [5.41, 5.74) is 5.29. The minimum Gasteiger partial charge on any atom is -0.494 e. The maximum Gasteiger partial charge on any atom is 0.237 e. The van der Waals surface area contributed by atoms with E-state index >= 15 is 0 Å². The van der Waals surface area contributed by atoms with Crippen LogP contribution in [0.15, 0.2) is 78.0 Å². The molecule has 172 valence electrons. The molecule has 3 aromatic carbocycles. The van der Waals surface area contributed by atoms with Gasteiger partial charge >= 0.3 is 0 Å². The fourth-order valence-corrected chi connectivity index (χ4v) is 5.05. The van der Waals surface area contributed by atoms with E-state index in [4.69, 9.17) is 4.74 Å². The lowest BCUT2D eigenvalue weighted by Gasteiger charge is -2.17. The molecule has 34 heavy (non-hydrogen) atoms. The molecule has 0 atom stereocenters. The van der Waals surface area contributed by atoms with Crippen molar-refractivity contribution in [3.8, 4) is 22.8 Å². The van der Waals surface area contributed by atoms with Crippen LogP contribution in [0.1, 0.15) is 18.1 Å². The Morgan fingerprint density at radius 3 is 2.65 bits per heavy atom. The number of aryl methyl sites for hydroxylation is 1. The van der Waals surface area contributed by atoms with E-state index in [0.717, 1.165) is 47.0 Å². The molecular formula is C27H26N4O2S. The highest BCUT2D eigenvalue weighted by Crippen LogP contribution is 2.31. The zero-order valence-electron chi connectivity index (χ0n) is 19.3. The van der Waals surface area contributed by atoms with Gasteiger partial charge in [-0.05, 0) is 62.2 Å². The number of carbonyl (C=O) groups is 1. The number of amides is 1. The number of anilines is 1. The Morgan fingerprint density at radius 1 is 1.03 bits per heavy atom. The Hall–Kier alpha value is -3.58. The average molecular weight is 471 g/mol. The van der Waals surface area contributed by atoms with E-state index in [2.05, 4.69) is 35.3 Å². The van der Waals surface area contributed by atoms with Gasteiger partial charge in [0.2, 0.25) is 5.91 Å². The summed E-state index contributed by atoms with van der Waals surface area (Å²) in [5, 5.41) is 9.67. The summed E-state index contributed by atoms with van der Waals surface area (Å²) in [7, 11) is 0. The van der Waals surface area contributed by atoms with Gasteiger partial charge in [0.15, 0.2) is 11.0 Å². The van der Waals surface area contributed by atoms with Gasteiger partial charge < -0.3 is 9.64 Å². The standard InChI is InChI=1S/C27H26N4O2S/c1-3-33-23-13-11-22(12-14-23)31-26(21-9-6-7-19(2)17-21)28-29-27(31)34-18-25(32)30-16-15-20-8-4-5-10-24(20)30/h4-14,17H,3,15-16,18H2,1-2H3. The number of hydrogen-bond donors (Lipinski definition) is 0. The molecule has 2 heterocycles. The van der Waals surface area contributed by atoms with Crippen molar-refractivity contribution in [1.29, 1.82) is 0 Å². The smallest absolute Gasteiger partial charge is 0.237 e. The first-order valence-electron chi connectivity index (χ1n) is 11.4. The lowest BCUT2D eigenvalue weighted by atomic mass is 10.1. The van der Waals surface area contributed by atoms with Crippen LogP contribution < -0.4 is 9.64 Å². The number of benzene rings is 3. The molecule has 0 saturated carbocycles. The van der Waals surface area contributed by atoms with Crippen molar-refractivity contribution < 1.29 is 9.53 Å². The van der Waals surface area contributed by atoms with Gasteiger partial charge in [0.05, 0.1) is 12.4 Å². The molecule has 5 rings (SSSR count). The minimum atomic E-state index is 0.0771. The number of ether oxygens (including phenoxy) is 1. The summed E-state index contributed by atoms with van der Waals surface area (Å²) in [4.78, 5) is 15.0. The highest BCUT2D eigenvalue weighted by atomic mass is 32.2. The number of nitrogens with zero attached hydrogens (tertiary/aromatic N) is 4. The van der Waals surface area contributed by atoms with Crippen LogP contribution in [0.25, 0.3) is 17.1 Å². The van der Waals surface area contributed by atoms with E-state index in [1.54, 1.807) is 0 Å². The van der Waals surface area contributed by atoms with Gasteiger partial charge in [-0.15, -0.1) is 10.2 Å². The van der Waals surface area contributed by atoms with E-state index in [0.29, 0.717) is 11.8 Å². The fourth-order valence-electron chi connectivity index (χ4n) is 4.23. The summed E-state index contributed by atoms with van der Waals surface area (Å²) in [6.07, 6.45) is 0.895. The van der Waals surface area contributed by atoms with E-state index < -0.39 is 0 Å². The second-order valence-electron chi connectivity index (χ2n) is 8.15. The third-order valence-electron chi connectivity index (χ3n) is 5.83. The van der Waals surface area contributed by atoms with Gasteiger partial charge in [-0.1, -0.05) is 53.7 Å². The number of aromatic nitrogens is 3. The van der Waals surface area contributed by atoms with Crippen LogP contribution in [0.2, 0.25) is 0 Å². The molecule has 1 aliphatic heterocycles. The molecule has 7 heteroatoms. The Kier molecular flexibility index (Phi) is 6.36. The van der Waals surface area contributed by atoms with Gasteiger partial charge in [0.25, 0.3) is 0 Å². The molecule has 0 saturated heterocycles. The van der Waals surface area contributed by atoms with Crippen LogP contribution in [-0.4, -0.2) is 39.6 Å². The first-order chi connectivity index (χ1) is 16.6. The molecule has 0 aliphatic carbocycles. The van der Waals surface area contributed by atoms with Crippen molar-refractivity contribution in [3.63, 3.8) is 0 Å². The third kappa shape index (κ3) is 4.43. The fraction of sp³-hybridized carbons (Fsp3) is 0.222. The summed E-state index contributed by atoms with van der Waals surface area (Å²) < 4.78 is 7.62. The number of hydrogen-bond acceptors (Lipinski definition) is 5. The highest BCUT2D eigenvalue weighted by Gasteiger charge is 2.25. The molecule has 1 aliphatic rings. The largest absolute Gasteiger partial charge is 0.494 e. The van der Waals surface area contributed by atoms with E-state index in [9.17, 15) is 4.79 Å². The van der Waals surface area contributed by atoms with Gasteiger partial charge in [-0.25, -0.2) is 0 Å². The van der Waals surface area contributed by atoms with Crippen molar-refractivity contribution in [1.82, 2.24) is 14.8 Å². The van der Waals surface area contributed by atoms with Crippen LogP contribution in [0.3, 0.4) is 0 Å². The zero-order chi connectivity index (χ0) is 23.5. The molecule has 6 nitrogen and oxygen atoms in total. The monoisotopic (exact) mass is 470 g/mol. The van der Waals surface area contributed by atoms with Crippen LogP contribution >= 0.6 is 11.8 Å². The summed E-state index contributed by atoms with van der Waals surface area (Å²) in [6, 6.07) is 24.2. The quantitative estimate of drug-likeness (QED) is 0.342. The maximum atomic E-state index is 13.1. The van der Waals surface area contributed by atoms with Crippen LogP contribution in [0, 0.1) is 6.92 Å². The van der Waals surface area contributed by atoms with Crippen molar-refractivity contribution in [3.05, 3.63) is 83.9 Å². The molecule has 0 spiro atoms. The predicted molar refractivity (Wildman–Crippen MR) is 136 cm³/mol. The maximum absolute atomic E-state index is 13.1. The van der Waals surface area contributed by atoms with Gasteiger partial charge in [-0.3, -0.25) is 9.36 Å². The molecule has 0 unspecified atom stereocenters. The average Bonchev–Trinajstić information content (AvgIpc) is 3.48. The van der Waals surface area contributed by atoms with Gasteiger partial charge in [0, 0.05) is 23.5 Å². The predicted octanol–water partition coefficient (Wildman–Crippen LogP) is 5.32. The van der Waals surface area contributed by atoms with E-state index in [-0.39, 0.29) is 11.7 Å².